The van der Waals surface area contributed by atoms with Gasteiger partial charge in [-0.15, -0.1) is 0 Å². The molecule has 6 nitrogen and oxygen atoms in total. The van der Waals surface area contributed by atoms with Crippen LogP contribution in [0.3, 0.4) is 0 Å². The molecule has 0 unspecified atom stereocenters. The van der Waals surface area contributed by atoms with E-state index in [-0.39, 0.29) is 5.56 Å². The number of nitrogens with one attached hydrogen (secondary N) is 1. The van der Waals surface area contributed by atoms with E-state index < -0.39 is 5.69 Å². The average Bonchev–Trinajstić information content (AvgIpc) is 2.92. The van der Waals surface area contributed by atoms with Crippen LogP contribution in [-0.4, -0.2) is 19.3 Å². The van der Waals surface area contributed by atoms with Crippen LogP contribution >= 0.6 is 0 Å². The van der Waals surface area contributed by atoms with Crippen molar-refractivity contribution in [3.05, 3.63) is 51.1 Å². The van der Waals surface area contributed by atoms with Crippen molar-refractivity contribution in [3.63, 3.8) is 0 Å². The minimum absolute atomic E-state index is 0.376. The third kappa shape index (κ3) is 2.74. The molecule has 1 saturated carbocycles. The van der Waals surface area contributed by atoms with E-state index in [0.29, 0.717) is 12.6 Å². The molecule has 0 amide bonds. The molecule has 0 atom stereocenters. The van der Waals surface area contributed by atoms with Crippen LogP contribution in [0.4, 0.5) is 0 Å². The van der Waals surface area contributed by atoms with E-state index in [1.54, 1.807) is 0 Å². The molecule has 106 valence electrons. The molecule has 1 fully saturated rings. The third-order valence-electron chi connectivity index (χ3n) is 3.84. The SMILES string of the molecule is O=c1ccn(Cc2ccn(C3CCCCC3)n2)c(=O)[nH]1. The Morgan fingerprint density at radius 2 is 1.95 bits per heavy atom. The van der Waals surface area contributed by atoms with E-state index in [0.717, 1.165) is 5.69 Å². The summed E-state index contributed by atoms with van der Waals surface area (Å²) < 4.78 is 3.47. The Bertz CT molecular complexity index is 691. The average molecular weight is 274 g/mol. The van der Waals surface area contributed by atoms with Gasteiger partial charge in [0.15, 0.2) is 0 Å². The van der Waals surface area contributed by atoms with E-state index in [1.807, 2.05) is 16.9 Å². The fraction of sp³-hybridized carbons (Fsp3) is 0.500. The van der Waals surface area contributed by atoms with Gasteiger partial charge in [0.05, 0.1) is 18.3 Å². The largest absolute Gasteiger partial charge is 0.328 e. The van der Waals surface area contributed by atoms with Crippen LogP contribution in [0.2, 0.25) is 0 Å². The smallest absolute Gasteiger partial charge is 0.295 e. The molecule has 2 heterocycles. The summed E-state index contributed by atoms with van der Waals surface area (Å²) >= 11 is 0. The highest BCUT2D eigenvalue weighted by Gasteiger charge is 2.16. The van der Waals surface area contributed by atoms with Crippen molar-refractivity contribution < 1.29 is 0 Å². The Hall–Kier alpha value is -2.11. The molecule has 6 heteroatoms. The molecule has 2 aromatic rings. The van der Waals surface area contributed by atoms with Gasteiger partial charge < -0.3 is 0 Å². The molecule has 0 saturated heterocycles. The zero-order chi connectivity index (χ0) is 13.9. The lowest BCUT2D eigenvalue weighted by molar-refractivity contribution is 0.328. The molecule has 0 aliphatic heterocycles. The number of hydrogen-bond acceptors (Lipinski definition) is 3. The Kier molecular flexibility index (Phi) is 3.54. The number of aromatic amines is 1. The monoisotopic (exact) mass is 274 g/mol. The molecule has 20 heavy (non-hydrogen) atoms. The van der Waals surface area contributed by atoms with Crippen LogP contribution in [0, 0.1) is 0 Å². The lowest BCUT2D eigenvalue weighted by Crippen LogP contribution is -2.29. The summed E-state index contributed by atoms with van der Waals surface area (Å²) in [6, 6.07) is 3.77. The number of hydrogen-bond donors (Lipinski definition) is 1. The molecule has 1 N–H and O–H groups in total. The summed E-state index contributed by atoms with van der Waals surface area (Å²) in [5.74, 6) is 0. The molecule has 0 aromatic carbocycles. The first-order valence-corrected chi connectivity index (χ1v) is 7.06. The molecule has 0 radical (unpaired) electrons. The maximum atomic E-state index is 11.6. The molecule has 0 spiro atoms. The Balaban J connectivity index is 1.76. The van der Waals surface area contributed by atoms with Crippen LogP contribution in [0.25, 0.3) is 0 Å². The zero-order valence-corrected chi connectivity index (χ0v) is 11.3. The standard InChI is InChI=1S/C14H18N4O2/c19-13-7-8-17(14(20)15-13)10-11-6-9-18(16-11)12-4-2-1-3-5-12/h6-9,12H,1-5,10H2,(H,15,19,20). The molecule has 1 aliphatic carbocycles. The number of aromatic nitrogens is 4. The lowest BCUT2D eigenvalue weighted by atomic mass is 9.96. The van der Waals surface area contributed by atoms with Crippen molar-refractivity contribution in [1.82, 2.24) is 19.3 Å². The van der Waals surface area contributed by atoms with Gasteiger partial charge in [0.2, 0.25) is 0 Å². The van der Waals surface area contributed by atoms with Gasteiger partial charge in [-0.05, 0) is 18.9 Å². The highest BCUT2D eigenvalue weighted by Crippen LogP contribution is 2.27. The minimum Gasteiger partial charge on any atom is -0.295 e. The number of rotatable bonds is 3. The first kappa shape index (κ1) is 12.9. The van der Waals surface area contributed by atoms with Crippen molar-refractivity contribution in [1.29, 1.82) is 0 Å². The zero-order valence-electron chi connectivity index (χ0n) is 11.3. The van der Waals surface area contributed by atoms with Crippen molar-refractivity contribution in [2.24, 2.45) is 0 Å². The lowest BCUT2D eigenvalue weighted by Gasteiger charge is -2.21. The normalized spacial score (nSPS) is 16.4. The van der Waals surface area contributed by atoms with Crippen molar-refractivity contribution >= 4 is 0 Å². The van der Waals surface area contributed by atoms with E-state index in [9.17, 15) is 9.59 Å². The van der Waals surface area contributed by atoms with Crippen LogP contribution in [0.1, 0.15) is 43.8 Å². The highest BCUT2D eigenvalue weighted by atomic mass is 16.2. The van der Waals surface area contributed by atoms with E-state index in [4.69, 9.17) is 0 Å². The fourth-order valence-corrected chi connectivity index (χ4v) is 2.75. The van der Waals surface area contributed by atoms with Gasteiger partial charge in [-0.25, -0.2) is 4.79 Å². The maximum absolute atomic E-state index is 11.6. The van der Waals surface area contributed by atoms with Gasteiger partial charge >= 0.3 is 5.69 Å². The summed E-state index contributed by atoms with van der Waals surface area (Å²) in [5.41, 5.74) is 0.0634. The Labute approximate surface area is 116 Å². The minimum atomic E-state index is -0.398. The summed E-state index contributed by atoms with van der Waals surface area (Å²) in [7, 11) is 0. The van der Waals surface area contributed by atoms with E-state index in [1.165, 1.54) is 48.9 Å². The van der Waals surface area contributed by atoms with Crippen molar-refractivity contribution in [2.45, 2.75) is 44.7 Å². The van der Waals surface area contributed by atoms with Gasteiger partial charge in [0.25, 0.3) is 5.56 Å². The molecule has 2 aromatic heterocycles. The second-order valence-corrected chi connectivity index (χ2v) is 5.32. The van der Waals surface area contributed by atoms with Crippen LogP contribution < -0.4 is 11.2 Å². The van der Waals surface area contributed by atoms with Gasteiger partial charge in [-0.1, -0.05) is 19.3 Å². The summed E-state index contributed by atoms with van der Waals surface area (Å²) in [6.07, 6.45) is 9.69. The molecular formula is C14H18N4O2. The van der Waals surface area contributed by atoms with Gasteiger partial charge in [-0.3, -0.25) is 19.0 Å². The predicted molar refractivity (Wildman–Crippen MR) is 74.8 cm³/mol. The molecular weight excluding hydrogens is 256 g/mol. The molecule has 1 aliphatic rings. The van der Waals surface area contributed by atoms with Crippen molar-refractivity contribution in [3.8, 4) is 0 Å². The Morgan fingerprint density at radius 3 is 2.70 bits per heavy atom. The second kappa shape index (κ2) is 5.48. The fourth-order valence-electron chi connectivity index (χ4n) is 2.75. The van der Waals surface area contributed by atoms with Crippen LogP contribution in [0.15, 0.2) is 34.1 Å². The first-order chi connectivity index (χ1) is 9.72. The summed E-state index contributed by atoms with van der Waals surface area (Å²) in [5, 5.41) is 4.56. The van der Waals surface area contributed by atoms with Gasteiger partial charge in [0.1, 0.15) is 0 Å². The van der Waals surface area contributed by atoms with Crippen molar-refractivity contribution in [2.75, 3.05) is 0 Å². The molecule has 0 bridgehead atoms. The van der Waals surface area contributed by atoms with Gasteiger partial charge in [0, 0.05) is 18.5 Å². The Morgan fingerprint density at radius 1 is 1.15 bits per heavy atom. The molecule has 3 rings (SSSR count). The summed E-state index contributed by atoms with van der Waals surface area (Å²) in [6.45, 7) is 0.384. The highest BCUT2D eigenvalue weighted by molar-refractivity contribution is 5.01. The first-order valence-electron chi connectivity index (χ1n) is 7.06. The quantitative estimate of drug-likeness (QED) is 0.916. The maximum Gasteiger partial charge on any atom is 0.328 e. The van der Waals surface area contributed by atoms with Gasteiger partial charge in [-0.2, -0.15) is 5.10 Å². The van der Waals surface area contributed by atoms with E-state index in [2.05, 4.69) is 10.1 Å². The topological polar surface area (TPSA) is 72.7 Å². The van der Waals surface area contributed by atoms with Crippen LogP contribution in [-0.2, 0) is 6.54 Å². The third-order valence-corrected chi connectivity index (χ3v) is 3.84. The van der Waals surface area contributed by atoms with E-state index >= 15 is 0 Å². The second-order valence-electron chi connectivity index (χ2n) is 5.32. The number of H-pyrrole nitrogens is 1. The number of nitrogens with zero attached hydrogens (tertiary/aromatic N) is 3. The van der Waals surface area contributed by atoms with Crippen LogP contribution in [0.5, 0.6) is 0 Å². The summed E-state index contributed by atoms with van der Waals surface area (Å²) in [4.78, 5) is 24.9. The predicted octanol–water partition coefficient (Wildman–Crippen LogP) is 1.29.